The fourth-order valence-electron chi connectivity index (χ4n) is 3.62. The Kier molecular flexibility index (Phi) is 8.66. The number of rotatable bonds is 9. The van der Waals surface area contributed by atoms with E-state index in [9.17, 15) is 9.59 Å². The first kappa shape index (κ1) is 24.4. The first-order valence-corrected chi connectivity index (χ1v) is 11.0. The molecule has 2 aromatic rings. The van der Waals surface area contributed by atoms with E-state index in [1.54, 1.807) is 4.90 Å². The van der Waals surface area contributed by atoms with Crippen molar-refractivity contribution in [2.75, 3.05) is 13.2 Å². The number of ether oxygens (including phenoxy) is 1. The van der Waals surface area contributed by atoms with Crippen LogP contribution in [-0.4, -0.2) is 35.9 Å². The monoisotopic (exact) mass is 424 g/mol. The molecule has 0 saturated carbocycles. The maximum Gasteiger partial charge on any atom is 0.261 e. The number of nitrogens with one attached hydrogen (secondary N) is 1. The molecule has 2 aromatic carbocycles. The molecule has 0 heterocycles. The number of benzene rings is 2. The van der Waals surface area contributed by atoms with E-state index in [1.165, 1.54) is 0 Å². The molecule has 5 nitrogen and oxygen atoms in total. The Morgan fingerprint density at radius 3 is 2.29 bits per heavy atom. The van der Waals surface area contributed by atoms with Crippen LogP contribution in [0.1, 0.15) is 57.7 Å². The average Bonchev–Trinajstić information content (AvgIpc) is 2.73. The number of aryl methyl sites for hydroxylation is 1. The summed E-state index contributed by atoms with van der Waals surface area (Å²) >= 11 is 0. The van der Waals surface area contributed by atoms with Crippen LogP contribution in [0.2, 0.25) is 0 Å². The zero-order valence-electron chi connectivity index (χ0n) is 19.7. The van der Waals surface area contributed by atoms with Crippen LogP contribution in [0.3, 0.4) is 0 Å². The van der Waals surface area contributed by atoms with Gasteiger partial charge in [0.1, 0.15) is 11.8 Å². The van der Waals surface area contributed by atoms with Gasteiger partial charge in [-0.25, -0.2) is 0 Å². The van der Waals surface area contributed by atoms with Crippen molar-refractivity contribution in [2.45, 2.75) is 66.0 Å². The van der Waals surface area contributed by atoms with Crippen LogP contribution in [-0.2, 0) is 21.5 Å². The largest absolute Gasteiger partial charge is 0.483 e. The number of para-hydroxylation sites is 1. The van der Waals surface area contributed by atoms with E-state index in [0.717, 1.165) is 16.7 Å². The number of hydrogen-bond donors (Lipinski definition) is 1. The normalized spacial score (nSPS) is 12.2. The topological polar surface area (TPSA) is 58.6 Å². The molecule has 0 saturated heterocycles. The minimum Gasteiger partial charge on any atom is -0.483 e. The average molecular weight is 425 g/mol. The van der Waals surface area contributed by atoms with E-state index >= 15 is 0 Å². The number of carbonyl (C=O) groups is 2. The lowest BCUT2D eigenvalue weighted by atomic mass is 9.86. The minimum atomic E-state index is -0.548. The molecule has 0 radical (unpaired) electrons. The minimum absolute atomic E-state index is 0.104. The summed E-state index contributed by atoms with van der Waals surface area (Å²) in [6.07, 6.45) is 0.530. The predicted octanol–water partition coefficient (Wildman–Crippen LogP) is 4.61. The molecular weight excluding hydrogens is 388 g/mol. The fraction of sp³-hybridized carbons (Fsp3) is 0.462. The molecule has 2 amide bonds. The van der Waals surface area contributed by atoms with Crippen molar-refractivity contribution in [1.82, 2.24) is 10.2 Å². The highest BCUT2D eigenvalue weighted by Crippen LogP contribution is 2.31. The summed E-state index contributed by atoms with van der Waals surface area (Å²) in [6, 6.07) is 15.2. The van der Waals surface area contributed by atoms with Gasteiger partial charge in [0.05, 0.1) is 0 Å². The highest BCUT2D eigenvalue weighted by molar-refractivity contribution is 5.88. The molecule has 5 heteroatoms. The zero-order chi connectivity index (χ0) is 23.0. The first-order valence-electron chi connectivity index (χ1n) is 11.0. The second-order valence-electron chi connectivity index (χ2n) is 8.80. The Bertz CT molecular complexity index is 886. The molecule has 168 valence electrons. The molecule has 1 N–H and O–H groups in total. The summed E-state index contributed by atoms with van der Waals surface area (Å²) in [5.41, 5.74) is 3.05. The number of hydrogen-bond acceptors (Lipinski definition) is 3. The van der Waals surface area contributed by atoms with Crippen LogP contribution < -0.4 is 10.1 Å². The van der Waals surface area contributed by atoms with Crippen molar-refractivity contribution in [2.24, 2.45) is 0 Å². The quantitative estimate of drug-likeness (QED) is 0.639. The second kappa shape index (κ2) is 11.0. The van der Waals surface area contributed by atoms with Crippen LogP contribution in [0.4, 0.5) is 0 Å². The number of nitrogens with zero attached hydrogens (tertiary/aromatic N) is 1. The van der Waals surface area contributed by atoms with Crippen molar-refractivity contribution in [3.8, 4) is 5.75 Å². The van der Waals surface area contributed by atoms with Gasteiger partial charge in [0.25, 0.3) is 5.91 Å². The third kappa shape index (κ3) is 6.58. The maximum atomic E-state index is 13.3. The first-order chi connectivity index (χ1) is 14.7. The lowest BCUT2D eigenvalue weighted by molar-refractivity contribution is -0.143. The van der Waals surface area contributed by atoms with Crippen LogP contribution in [0.5, 0.6) is 5.75 Å². The highest BCUT2D eigenvalue weighted by atomic mass is 16.5. The summed E-state index contributed by atoms with van der Waals surface area (Å²) < 4.78 is 5.99. The standard InChI is InChI=1S/C26H36N2O3/c1-7-22(25(30)27-8-2)28(17-20-14-10-9-13-19(20)3)24(29)18-31-23-16-12-11-15-21(23)26(4,5)6/h9-16,22H,7-8,17-18H2,1-6H3,(H,27,30)/t22-/m0/s1. The summed E-state index contributed by atoms with van der Waals surface area (Å²) in [5.74, 6) is 0.359. The van der Waals surface area contributed by atoms with E-state index in [2.05, 4.69) is 26.1 Å². The van der Waals surface area contributed by atoms with E-state index in [1.807, 2.05) is 69.3 Å². The molecule has 0 bridgehead atoms. The highest BCUT2D eigenvalue weighted by Gasteiger charge is 2.29. The van der Waals surface area contributed by atoms with Gasteiger partial charge in [-0.2, -0.15) is 0 Å². The van der Waals surface area contributed by atoms with Crippen molar-refractivity contribution in [3.05, 3.63) is 65.2 Å². The summed E-state index contributed by atoms with van der Waals surface area (Å²) in [7, 11) is 0. The van der Waals surface area contributed by atoms with Crippen LogP contribution in [0.15, 0.2) is 48.5 Å². The summed E-state index contributed by atoms with van der Waals surface area (Å²) in [4.78, 5) is 27.7. The Labute approximate surface area is 186 Å². The fourth-order valence-corrected chi connectivity index (χ4v) is 3.62. The van der Waals surface area contributed by atoms with Crippen LogP contribution in [0.25, 0.3) is 0 Å². The zero-order valence-corrected chi connectivity index (χ0v) is 19.7. The number of amides is 2. The third-order valence-electron chi connectivity index (χ3n) is 5.39. The Morgan fingerprint density at radius 1 is 1.03 bits per heavy atom. The lowest BCUT2D eigenvalue weighted by Crippen LogP contribution is -2.50. The van der Waals surface area contributed by atoms with Gasteiger partial charge in [0.15, 0.2) is 6.61 Å². The molecule has 0 spiro atoms. The Morgan fingerprint density at radius 2 is 1.68 bits per heavy atom. The SMILES string of the molecule is CCNC(=O)[C@H](CC)N(Cc1ccccc1C)C(=O)COc1ccccc1C(C)(C)C. The van der Waals surface area contributed by atoms with E-state index < -0.39 is 6.04 Å². The van der Waals surface area contributed by atoms with Gasteiger partial charge >= 0.3 is 0 Å². The Balaban J connectivity index is 2.28. The van der Waals surface area contributed by atoms with Gasteiger partial charge in [-0.15, -0.1) is 0 Å². The molecule has 1 atom stereocenters. The van der Waals surface area contributed by atoms with Gasteiger partial charge in [0, 0.05) is 13.1 Å². The van der Waals surface area contributed by atoms with Crippen molar-refractivity contribution in [1.29, 1.82) is 0 Å². The maximum absolute atomic E-state index is 13.3. The van der Waals surface area contributed by atoms with Gasteiger partial charge < -0.3 is 15.0 Å². The number of likely N-dealkylation sites (N-methyl/N-ethyl adjacent to an activating group) is 1. The number of carbonyl (C=O) groups excluding carboxylic acids is 2. The van der Waals surface area contributed by atoms with Gasteiger partial charge in [0.2, 0.25) is 5.91 Å². The van der Waals surface area contributed by atoms with E-state index in [4.69, 9.17) is 4.74 Å². The summed E-state index contributed by atoms with van der Waals surface area (Å²) in [6.45, 7) is 12.9. The van der Waals surface area contributed by atoms with Crippen molar-refractivity contribution in [3.63, 3.8) is 0 Å². The van der Waals surface area contributed by atoms with Gasteiger partial charge in [-0.1, -0.05) is 70.2 Å². The van der Waals surface area contributed by atoms with E-state index in [-0.39, 0.29) is 23.8 Å². The third-order valence-corrected chi connectivity index (χ3v) is 5.39. The molecule has 2 rings (SSSR count). The molecule has 0 aliphatic carbocycles. The molecule has 0 fully saturated rings. The van der Waals surface area contributed by atoms with Crippen molar-refractivity contribution >= 4 is 11.8 Å². The van der Waals surface area contributed by atoms with Crippen LogP contribution in [0, 0.1) is 6.92 Å². The molecule has 0 aliphatic rings. The van der Waals surface area contributed by atoms with Gasteiger partial charge in [-0.3, -0.25) is 9.59 Å². The molecular formula is C26H36N2O3. The smallest absolute Gasteiger partial charge is 0.261 e. The molecule has 31 heavy (non-hydrogen) atoms. The summed E-state index contributed by atoms with van der Waals surface area (Å²) in [5, 5.41) is 2.86. The van der Waals surface area contributed by atoms with Crippen molar-refractivity contribution < 1.29 is 14.3 Å². The predicted molar refractivity (Wildman–Crippen MR) is 125 cm³/mol. The van der Waals surface area contributed by atoms with E-state index in [0.29, 0.717) is 25.3 Å². The van der Waals surface area contributed by atoms with Crippen LogP contribution >= 0.6 is 0 Å². The lowest BCUT2D eigenvalue weighted by Gasteiger charge is -2.31. The molecule has 0 aromatic heterocycles. The molecule has 0 aliphatic heterocycles. The molecule has 0 unspecified atom stereocenters. The van der Waals surface area contributed by atoms with Gasteiger partial charge in [-0.05, 0) is 48.4 Å². The Hall–Kier alpha value is -2.82. The second-order valence-corrected chi connectivity index (χ2v) is 8.80.